The summed E-state index contributed by atoms with van der Waals surface area (Å²) >= 11 is 0. The van der Waals surface area contributed by atoms with E-state index in [1.165, 1.54) is 16.9 Å². The van der Waals surface area contributed by atoms with Gasteiger partial charge in [-0.1, -0.05) is 42.5 Å². The second-order valence-corrected chi connectivity index (χ2v) is 7.92. The molecule has 1 saturated heterocycles. The number of amides is 1. The van der Waals surface area contributed by atoms with Crippen LogP contribution in [0.15, 0.2) is 59.6 Å². The number of carbonyl (C=O) groups is 1. The van der Waals surface area contributed by atoms with Gasteiger partial charge in [0.2, 0.25) is 0 Å². The molecule has 1 fully saturated rings. The lowest BCUT2D eigenvalue weighted by atomic mass is 9.99. The standard InChI is InChI=1S/C24H32N4O2.HI/c1-25-24(28-13-12-21(17-28)14-19-8-5-4-6-9-19)26-16-20-10-7-11-22(15-20)30-18-23(29)27(2)3;/h4-11,15,21H,12-14,16-18H2,1-3H3,(H,25,26);1H. The van der Waals surface area contributed by atoms with Crippen molar-refractivity contribution in [2.45, 2.75) is 19.4 Å². The fourth-order valence-electron chi connectivity index (χ4n) is 3.67. The number of benzene rings is 2. The van der Waals surface area contributed by atoms with E-state index < -0.39 is 0 Å². The second kappa shape index (κ2) is 12.5. The number of hydrogen-bond acceptors (Lipinski definition) is 3. The monoisotopic (exact) mass is 536 g/mol. The fourth-order valence-corrected chi connectivity index (χ4v) is 3.67. The molecule has 0 bridgehead atoms. The summed E-state index contributed by atoms with van der Waals surface area (Å²) in [5, 5.41) is 3.47. The van der Waals surface area contributed by atoms with Crippen molar-refractivity contribution in [3.8, 4) is 5.75 Å². The van der Waals surface area contributed by atoms with E-state index in [1.54, 1.807) is 14.1 Å². The molecule has 2 aromatic carbocycles. The van der Waals surface area contributed by atoms with Gasteiger partial charge in [-0.3, -0.25) is 9.79 Å². The molecule has 7 heteroatoms. The Bertz CT molecular complexity index is 858. The van der Waals surface area contributed by atoms with Gasteiger partial charge >= 0.3 is 0 Å². The molecule has 3 rings (SSSR count). The number of aliphatic imine (C=N–C) groups is 1. The van der Waals surface area contributed by atoms with Crippen LogP contribution in [0.25, 0.3) is 0 Å². The molecular formula is C24H33IN4O2. The Morgan fingerprint density at radius 2 is 1.90 bits per heavy atom. The van der Waals surface area contributed by atoms with Crippen molar-refractivity contribution in [3.63, 3.8) is 0 Å². The maximum atomic E-state index is 11.7. The molecule has 1 N–H and O–H groups in total. The summed E-state index contributed by atoms with van der Waals surface area (Å²) in [6.07, 6.45) is 2.29. The van der Waals surface area contributed by atoms with Gasteiger partial charge in [0.05, 0.1) is 0 Å². The lowest BCUT2D eigenvalue weighted by molar-refractivity contribution is -0.130. The van der Waals surface area contributed by atoms with Crippen LogP contribution in [0.1, 0.15) is 17.5 Å². The molecule has 1 heterocycles. The minimum Gasteiger partial charge on any atom is -0.484 e. The molecule has 31 heavy (non-hydrogen) atoms. The van der Waals surface area contributed by atoms with Crippen LogP contribution in [0.2, 0.25) is 0 Å². The van der Waals surface area contributed by atoms with E-state index in [0.29, 0.717) is 18.2 Å². The maximum Gasteiger partial charge on any atom is 0.259 e. The summed E-state index contributed by atoms with van der Waals surface area (Å²) in [6, 6.07) is 18.5. The number of ether oxygens (including phenoxy) is 1. The van der Waals surface area contributed by atoms with E-state index in [-0.39, 0.29) is 36.5 Å². The normalized spacial score (nSPS) is 15.9. The van der Waals surface area contributed by atoms with Crippen LogP contribution in [0.3, 0.4) is 0 Å². The van der Waals surface area contributed by atoms with Crippen molar-refractivity contribution >= 4 is 35.8 Å². The van der Waals surface area contributed by atoms with Crippen LogP contribution in [0.4, 0.5) is 0 Å². The fraction of sp³-hybridized carbons (Fsp3) is 0.417. The molecule has 6 nitrogen and oxygen atoms in total. The summed E-state index contributed by atoms with van der Waals surface area (Å²) < 4.78 is 5.61. The van der Waals surface area contributed by atoms with Crippen LogP contribution in [-0.4, -0.2) is 62.5 Å². The highest BCUT2D eigenvalue weighted by atomic mass is 127. The van der Waals surface area contributed by atoms with Crippen molar-refractivity contribution < 1.29 is 9.53 Å². The molecule has 0 aliphatic carbocycles. The van der Waals surface area contributed by atoms with Gasteiger partial charge < -0.3 is 19.9 Å². The molecular weight excluding hydrogens is 503 g/mol. The van der Waals surface area contributed by atoms with Crippen LogP contribution < -0.4 is 10.1 Å². The third-order valence-corrected chi connectivity index (χ3v) is 5.37. The maximum absolute atomic E-state index is 11.7. The Hall–Kier alpha value is -2.29. The van der Waals surface area contributed by atoms with Crippen molar-refractivity contribution in [3.05, 3.63) is 65.7 Å². The topological polar surface area (TPSA) is 57.2 Å². The minimum atomic E-state index is -0.0574. The van der Waals surface area contributed by atoms with Crippen LogP contribution in [-0.2, 0) is 17.8 Å². The van der Waals surface area contributed by atoms with Crippen LogP contribution >= 0.6 is 24.0 Å². The lowest BCUT2D eigenvalue weighted by Gasteiger charge is -2.22. The highest BCUT2D eigenvalue weighted by Gasteiger charge is 2.24. The Morgan fingerprint density at radius 3 is 2.61 bits per heavy atom. The van der Waals surface area contributed by atoms with E-state index in [0.717, 1.165) is 31.0 Å². The SMILES string of the molecule is CN=C(NCc1cccc(OCC(=O)N(C)C)c1)N1CCC(Cc2ccccc2)C1.I. The van der Waals surface area contributed by atoms with Gasteiger partial charge in [-0.15, -0.1) is 24.0 Å². The summed E-state index contributed by atoms with van der Waals surface area (Å²) in [6.45, 7) is 2.74. The average Bonchev–Trinajstić information content (AvgIpc) is 3.21. The quantitative estimate of drug-likeness (QED) is 0.335. The van der Waals surface area contributed by atoms with E-state index in [4.69, 9.17) is 4.74 Å². The van der Waals surface area contributed by atoms with Crippen LogP contribution in [0, 0.1) is 5.92 Å². The van der Waals surface area contributed by atoms with Crippen molar-refractivity contribution in [1.82, 2.24) is 15.1 Å². The van der Waals surface area contributed by atoms with Gasteiger partial charge in [-0.05, 0) is 42.0 Å². The number of rotatable bonds is 7. The summed E-state index contributed by atoms with van der Waals surface area (Å²) in [7, 11) is 5.28. The van der Waals surface area contributed by atoms with Gasteiger partial charge in [0.25, 0.3) is 5.91 Å². The number of nitrogens with zero attached hydrogens (tertiary/aromatic N) is 3. The zero-order valence-corrected chi connectivity index (χ0v) is 20.9. The van der Waals surface area contributed by atoms with Gasteiger partial charge in [0.1, 0.15) is 5.75 Å². The zero-order chi connectivity index (χ0) is 21.3. The number of guanidine groups is 1. The Morgan fingerprint density at radius 1 is 1.16 bits per heavy atom. The molecule has 0 radical (unpaired) electrons. The molecule has 1 aliphatic heterocycles. The van der Waals surface area contributed by atoms with E-state index in [2.05, 4.69) is 45.5 Å². The molecule has 168 valence electrons. The van der Waals surface area contributed by atoms with Crippen LogP contribution in [0.5, 0.6) is 5.75 Å². The number of carbonyl (C=O) groups excluding carboxylic acids is 1. The molecule has 0 spiro atoms. The first-order valence-corrected chi connectivity index (χ1v) is 10.5. The summed E-state index contributed by atoms with van der Waals surface area (Å²) in [5.74, 6) is 2.22. The second-order valence-electron chi connectivity index (χ2n) is 7.92. The number of nitrogens with one attached hydrogen (secondary N) is 1. The summed E-state index contributed by atoms with van der Waals surface area (Å²) in [4.78, 5) is 20.1. The van der Waals surface area contributed by atoms with E-state index >= 15 is 0 Å². The molecule has 1 aliphatic rings. The Kier molecular flexibility index (Phi) is 10.1. The molecule has 1 atom stereocenters. The van der Waals surface area contributed by atoms with Gasteiger partial charge in [0, 0.05) is 40.8 Å². The first-order chi connectivity index (χ1) is 14.5. The number of hydrogen-bond donors (Lipinski definition) is 1. The van der Waals surface area contributed by atoms with Gasteiger partial charge in [-0.25, -0.2) is 0 Å². The number of likely N-dealkylation sites (tertiary alicyclic amines) is 1. The predicted octanol–water partition coefficient (Wildman–Crippen LogP) is 3.41. The largest absolute Gasteiger partial charge is 0.484 e. The Labute approximate surface area is 202 Å². The molecule has 1 unspecified atom stereocenters. The molecule has 2 aromatic rings. The third-order valence-electron chi connectivity index (χ3n) is 5.37. The Balaban J connectivity index is 0.00000341. The summed E-state index contributed by atoms with van der Waals surface area (Å²) in [5.41, 5.74) is 2.49. The highest BCUT2D eigenvalue weighted by Crippen LogP contribution is 2.21. The average molecular weight is 536 g/mol. The number of likely N-dealkylation sites (N-methyl/N-ethyl adjacent to an activating group) is 1. The molecule has 0 aromatic heterocycles. The lowest BCUT2D eigenvalue weighted by Crippen LogP contribution is -2.39. The zero-order valence-electron chi connectivity index (χ0n) is 18.6. The third kappa shape index (κ3) is 7.72. The van der Waals surface area contributed by atoms with E-state index in [9.17, 15) is 4.79 Å². The molecule has 1 amide bonds. The highest BCUT2D eigenvalue weighted by molar-refractivity contribution is 14.0. The first-order valence-electron chi connectivity index (χ1n) is 10.5. The van der Waals surface area contributed by atoms with Crippen molar-refractivity contribution in [1.29, 1.82) is 0 Å². The van der Waals surface area contributed by atoms with Gasteiger partial charge in [-0.2, -0.15) is 0 Å². The first kappa shape index (κ1) is 25.0. The predicted molar refractivity (Wildman–Crippen MR) is 136 cm³/mol. The smallest absolute Gasteiger partial charge is 0.259 e. The minimum absolute atomic E-state index is 0. The molecule has 0 saturated carbocycles. The number of halogens is 1. The van der Waals surface area contributed by atoms with Crippen molar-refractivity contribution in [2.75, 3.05) is 40.8 Å². The van der Waals surface area contributed by atoms with E-state index in [1.807, 2.05) is 31.3 Å². The van der Waals surface area contributed by atoms with Gasteiger partial charge in [0.15, 0.2) is 12.6 Å². The van der Waals surface area contributed by atoms with Crippen molar-refractivity contribution in [2.24, 2.45) is 10.9 Å².